The third kappa shape index (κ3) is 4.59. The van der Waals surface area contributed by atoms with Crippen molar-refractivity contribution in [3.8, 4) is 11.5 Å². The highest BCUT2D eigenvalue weighted by Crippen LogP contribution is 2.43. The van der Waals surface area contributed by atoms with Gasteiger partial charge in [0.2, 0.25) is 0 Å². The molecule has 0 saturated carbocycles. The first-order chi connectivity index (χ1) is 10.1. The summed E-state index contributed by atoms with van der Waals surface area (Å²) in [5.41, 5.74) is 1.01. The zero-order valence-corrected chi connectivity index (χ0v) is 14.5. The standard InChI is InChI=1S/C15H20F2N2O2.2ClH/c1-2-3-12(19-8-6-18-7-9-19)11-4-5-13-14(10-11)21-15(16,17)20-13;;/h4-5,10,12,18H,2-3,6-9H2,1H3;2*1H/t12-;;/m0../s1. The van der Waals surface area contributed by atoms with Crippen LogP contribution in [0.1, 0.15) is 31.4 Å². The Morgan fingerprint density at radius 1 is 1.17 bits per heavy atom. The van der Waals surface area contributed by atoms with E-state index in [9.17, 15) is 8.78 Å². The Bertz CT molecular complexity index is 514. The van der Waals surface area contributed by atoms with Gasteiger partial charge in [-0.3, -0.25) is 4.90 Å². The number of piperazine rings is 1. The molecule has 8 heteroatoms. The Balaban J connectivity index is 0.00000132. The molecule has 1 N–H and O–H groups in total. The highest BCUT2D eigenvalue weighted by atomic mass is 35.5. The van der Waals surface area contributed by atoms with Gasteiger partial charge in [-0.15, -0.1) is 33.6 Å². The smallest absolute Gasteiger partial charge is 0.395 e. The van der Waals surface area contributed by atoms with E-state index >= 15 is 0 Å². The maximum atomic E-state index is 13.1. The Morgan fingerprint density at radius 3 is 2.48 bits per heavy atom. The number of fused-ring (bicyclic) bond motifs is 1. The van der Waals surface area contributed by atoms with Gasteiger partial charge >= 0.3 is 6.29 Å². The lowest BCUT2D eigenvalue weighted by atomic mass is 9.99. The molecule has 0 spiro atoms. The van der Waals surface area contributed by atoms with E-state index in [1.165, 1.54) is 0 Å². The van der Waals surface area contributed by atoms with Gasteiger partial charge in [-0.05, 0) is 24.1 Å². The van der Waals surface area contributed by atoms with Gasteiger partial charge in [0.15, 0.2) is 11.5 Å². The van der Waals surface area contributed by atoms with Crippen molar-refractivity contribution in [3.05, 3.63) is 23.8 Å². The minimum Gasteiger partial charge on any atom is -0.395 e. The number of rotatable bonds is 4. The van der Waals surface area contributed by atoms with Gasteiger partial charge in [0.1, 0.15) is 0 Å². The summed E-state index contributed by atoms with van der Waals surface area (Å²) in [6, 6.07) is 5.38. The van der Waals surface area contributed by atoms with Gasteiger partial charge < -0.3 is 14.8 Å². The number of nitrogens with one attached hydrogen (secondary N) is 1. The molecule has 1 fully saturated rings. The maximum Gasteiger partial charge on any atom is 0.586 e. The fraction of sp³-hybridized carbons (Fsp3) is 0.600. The molecule has 4 nitrogen and oxygen atoms in total. The molecule has 0 bridgehead atoms. The normalized spacial score (nSPS) is 20.3. The van der Waals surface area contributed by atoms with E-state index in [1.807, 2.05) is 6.07 Å². The minimum atomic E-state index is -3.55. The summed E-state index contributed by atoms with van der Waals surface area (Å²) in [6.45, 7) is 5.99. The number of ether oxygens (including phenoxy) is 2. The van der Waals surface area contributed by atoms with Crippen LogP contribution in [0, 0.1) is 0 Å². The molecular formula is C15H22Cl2F2N2O2. The number of hydrogen-bond donors (Lipinski definition) is 1. The first-order valence-electron chi connectivity index (χ1n) is 7.43. The lowest BCUT2D eigenvalue weighted by Crippen LogP contribution is -2.45. The molecule has 1 aromatic rings. The van der Waals surface area contributed by atoms with Crippen molar-refractivity contribution in [1.82, 2.24) is 10.2 Å². The zero-order chi connectivity index (χ0) is 14.9. The van der Waals surface area contributed by atoms with Crippen LogP contribution in [0.4, 0.5) is 8.78 Å². The molecule has 0 aromatic heterocycles. The van der Waals surface area contributed by atoms with Crippen molar-refractivity contribution >= 4 is 24.8 Å². The predicted molar refractivity (Wildman–Crippen MR) is 89.2 cm³/mol. The SMILES string of the molecule is CCC[C@@H](c1ccc2c(c1)OC(F)(F)O2)N1CCNCC1.Cl.Cl. The highest BCUT2D eigenvalue weighted by Gasteiger charge is 2.43. The minimum absolute atomic E-state index is 0. The molecule has 23 heavy (non-hydrogen) atoms. The Labute approximate surface area is 147 Å². The Morgan fingerprint density at radius 2 is 1.83 bits per heavy atom. The van der Waals surface area contributed by atoms with Crippen LogP contribution in [0.3, 0.4) is 0 Å². The molecule has 1 aromatic carbocycles. The molecular weight excluding hydrogens is 349 g/mol. The largest absolute Gasteiger partial charge is 0.586 e. The third-order valence-corrected chi connectivity index (χ3v) is 3.96. The summed E-state index contributed by atoms with van der Waals surface area (Å²) in [7, 11) is 0. The Kier molecular flexibility index (Phi) is 7.32. The number of nitrogens with zero attached hydrogens (tertiary/aromatic N) is 1. The first-order valence-corrected chi connectivity index (χ1v) is 7.43. The van der Waals surface area contributed by atoms with Crippen molar-refractivity contribution < 1.29 is 18.3 Å². The average Bonchev–Trinajstić information content (AvgIpc) is 2.78. The van der Waals surface area contributed by atoms with E-state index in [4.69, 9.17) is 0 Å². The van der Waals surface area contributed by atoms with E-state index < -0.39 is 6.29 Å². The van der Waals surface area contributed by atoms with Crippen molar-refractivity contribution in [2.45, 2.75) is 32.1 Å². The van der Waals surface area contributed by atoms with E-state index in [2.05, 4.69) is 26.6 Å². The van der Waals surface area contributed by atoms with Gasteiger partial charge in [-0.2, -0.15) is 0 Å². The number of alkyl halides is 2. The second kappa shape index (κ2) is 8.33. The van der Waals surface area contributed by atoms with Crippen molar-refractivity contribution in [2.24, 2.45) is 0 Å². The van der Waals surface area contributed by atoms with Crippen LogP contribution in [0.25, 0.3) is 0 Å². The predicted octanol–water partition coefficient (Wildman–Crippen LogP) is 3.60. The summed E-state index contributed by atoms with van der Waals surface area (Å²) >= 11 is 0. The summed E-state index contributed by atoms with van der Waals surface area (Å²) in [5, 5.41) is 3.33. The first kappa shape index (κ1) is 20.2. The van der Waals surface area contributed by atoms with Crippen molar-refractivity contribution in [1.29, 1.82) is 0 Å². The summed E-state index contributed by atoms with van der Waals surface area (Å²) in [4.78, 5) is 2.40. The van der Waals surface area contributed by atoms with Crippen LogP contribution in [0.15, 0.2) is 18.2 Å². The van der Waals surface area contributed by atoms with E-state index in [-0.39, 0.29) is 42.4 Å². The third-order valence-electron chi connectivity index (χ3n) is 3.96. The summed E-state index contributed by atoms with van der Waals surface area (Å²) in [5.74, 6) is 0.244. The van der Waals surface area contributed by atoms with Crippen LogP contribution in [0.2, 0.25) is 0 Å². The van der Waals surface area contributed by atoms with Crippen molar-refractivity contribution in [2.75, 3.05) is 26.2 Å². The molecule has 2 aliphatic heterocycles. The number of halogens is 4. The maximum absolute atomic E-state index is 13.1. The molecule has 0 unspecified atom stereocenters. The van der Waals surface area contributed by atoms with Crippen LogP contribution in [-0.2, 0) is 0 Å². The molecule has 2 aliphatic rings. The summed E-state index contributed by atoms with van der Waals surface area (Å²) < 4.78 is 35.2. The highest BCUT2D eigenvalue weighted by molar-refractivity contribution is 5.85. The van der Waals surface area contributed by atoms with Gasteiger partial charge in [0.25, 0.3) is 0 Å². The Hall–Kier alpha value is -0.820. The molecule has 0 radical (unpaired) electrons. The van der Waals surface area contributed by atoms with Gasteiger partial charge in [-0.25, -0.2) is 0 Å². The van der Waals surface area contributed by atoms with E-state index in [0.717, 1.165) is 44.6 Å². The van der Waals surface area contributed by atoms with Crippen molar-refractivity contribution in [3.63, 3.8) is 0 Å². The summed E-state index contributed by atoms with van der Waals surface area (Å²) in [6.07, 6.45) is -1.51. The molecule has 3 rings (SSSR count). The van der Waals surface area contributed by atoms with Crippen LogP contribution < -0.4 is 14.8 Å². The lowest BCUT2D eigenvalue weighted by molar-refractivity contribution is -0.286. The zero-order valence-electron chi connectivity index (χ0n) is 12.9. The quantitative estimate of drug-likeness (QED) is 0.877. The number of hydrogen-bond acceptors (Lipinski definition) is 4. The molecule has 2 heterocycles. The average molecular weight is 371 g/mol. The molecule has 1 saturated heterocycles. The molecule has 0 amide bonds. The molecule has 1 atom stereocenters. The second-order valence-electron chi connectivity index (χ2n) is 5.46. The second-order valence-corrected chi connectivity index (χ2v) is 5.46. The van der Waals surface area contributed by atoms with Gasteiger partial charge in [-0.1, -0.05) is 19.4 Å². The van der Waals surface area contributed by atoms with Crippen LogP contribution in [0.5, 0.6) is 11.5 Å². The fourth-order valence-electron chi connectivity index (χ4n) is 3.00. The van der Waals surface area contributed by atoms with Crippen LogP contribution >= 0.6 is 24.8 Å². The molecule has 0 aliphatic carbocycles. The van der Waals surface area contributed by atoms with E-state index in [0.29, 0.717) is 0 Å². The molecule has 132 valence electrons. The van der Waals surface area contributed by atoms with E-state index in [1.54, 1.807) is 12.1 Å². The fourth-order valence-corrected chi connectivity index (χ4v) is 3.00. The topological polar surface area (TPSA) is 33.7 Å². The lowest BCUT2D eigenvalue weighted by Gasteiger charge is -2.35. The number of benzene rings is 1. The van der Waals surface area contributed by atoms with Gasteiger partial charge in [0.05, 0.1) is 0 Å². The van der Waals surface area contributed by atoms with Crippen LogP contribution in [-0.4, -0.2) is 37.4 Å². The van der Waals surface area contributed by atoms with Gasteiger partial charge in [0, 0.05) is 32.2 Å². The monoisotopic (exact) mass is 370 g/mol.